The lowest BCUT2D eigenvalue weighted by Crippen LogP contribution is -2.59. The summed E-state index contributed by atoms with van der Waals surface area (Å²) in [7, 11) is 0. The molecule has 2 aliphatic heterocycles. The number of carbonyl (C=O) groups is 2. The maximum atomic E-state index is 13.0. The molecule has 6 nitrogen and oxygen atoms in total. The van der Waals surface area contributed by atoms with Gasteiger partial charge >= 0.3 is 0 Å². The fraction of sp³-hybridized carbons (Fsp3) is 0.905. The van der Waals surface area contributed by atoms with Crippen molar-refractivity contribution in [2.24, 2.45) is 23.7 Å². The van der Waals surface area contributed by atoms with Gasteiger partial charge in [0.1, 0.15) is 0 Å². The molecule has 0 radical (unpaired) electrons. The summed E-state index contributed by atoms with van der Waals surface area (Å²) in [6.45, 7) is 11.4. The number of nitrogens with zero attached hydrogens (tertiary/aromatic N) is 1. The number of amides is 2. The number of rotatable bonds is 6. The molecule has 2 N–H and O–H groups in total. The highest BCUT2D eigenvalue weighted by Gasteiger charge is 2.43. The fourth-order valence-electron chi connectivity index (χ4n) is 5.32. The molecule has 1 saturated carbocycles. The number of hydrogen-bond donors (Lipinski definition) is 2. The lowest BCUT2D eigenvalue weighted by atomic mass is 9.74. The van der Waals surface area contributed by atoms with Gasteiger partial charge < -0.3 is 15.4 Å². The number of alkyl halides is 1. The van der Waals surface area contributed by atoms with Crippen LogP contribution in [0.25, 0.3) is 0 Å². The second-order valence-electron chi connectivity index (χ2n) is 9.10. The van der Waals surface area contributed by atoms with E-state index in [-0.39, 0.29) is 46.9 Å². The summed E-state index contributed by atoms with van der Waals surface area (Å²) < 4.78 is 5.39. The fourth-order valence-corrected chi connectivity index (χ4v) is 5.69. The summed E-state index contributed by atoms with van der Waals surface area (Å²) in [5.74, 6) is 0.336. The Morgan fingerprint density at radius 3 is 2.54 bits per heavy atom. The van der Waals surface area contributed by atoms with Gasteiger partial charge in [0, 0.05) is 29.9 Å². The molecule has 0 bridgehead atoms. The van der Waals surface area contributed by atoms with Crippen LogP contribution in [0.15, 0.2) is 0 Å². The Morgan fingerprint density at radius 2 is 1.96 bits per heavy atom. The van der Waals surface area contributed by atoms with E-state index in [1.54, 1.807) is 0 Å². The molecule has 160 valence electrons. The molecule has 3 aliphatic rings. The van der Waals surface area contributed by atoms with E-state index in [9.17, 15) is 9.59 Å². The first-order chi connectivity index (χ1) is 13.3. The molecule has 7 unspecified atom stereocenters. The quantitative estimate of drug-likeness (QED) is 0.653. The molecule has 7 atom stereocenters. The molecule has 3 rings (SSSR count). The highest BCUT2D eigenvalue weighted by molar-refractivity contribution is 6.20. The van der Waals surface area contributed by atoms with Crippen LogP contribution >= 0.6 is 11.6 Å². The number of carbonyl (C=O) groups excluding carboxylic acids is 2. The average Bonchev–Trinajstić information content (AvgIpc) is 2.58. The molecule has 2 saturated heterocycles. The lowest BCUT2D eigenvalue weighted by Gasteiger charge is -2.48. The normalized spacial score (nSPS) is 39.4. The summed E-state index contributed by atoms with van der Waals surface area (Å²) in [6.07, 6.45) is 2.57. The Balaban J connectivity index is 1.61. The summed E-state index contributed by atoms with van der Waals surface area (Å²) in [5, 5.41) is 6.09. The minimum absolute atomic E-state index is 0.00440. The smallest absolute Gasteiger partial charge is 0.225 e. The van der Waals surface area contributed by atoms with E-state index >= 15 is 0 Å². The first-order valence-electron chi connectivity index (χ1n) is 10.9. The average molecular weight is 414 g/mol. The van der Waals surface area contributed by atoms with E-state index in [0.717, 1.165) is 32.6 Å². The molecular formula is C21H36ClN3O3. The van der Waals surface area contributed by atoms with Gasteiger partial charge in [-0.1, -0.05) is 20.8 Å². The van der Waals surface area contributed by atoms with Gasteiger partial charge in [0.05, 0.1) is 25.2 Å². The number of likely N-dealkylation sites (N-methyl/N-ethyl adjacent to an activating group) is 1. The van der Waals surface area contributed by atoms with Crippen molar-refractivity contribution in [2.75, 3.05) is 26.3 Å². The van der Waals surface area contributed by atoms with E-state index in [0.29, 0.717) is 25.0 Å². The van der Waals surface area contributed by atoms with Crippen molar-refractivity contribution in [3.8, 4) is 0 Å². The lowest BCUT2D eigenvalue weighted by molar-refractivity contribution is -0.133. The van der Waals surface area contributed by atoms with Crippen LogP contribution in [0.2, 0.25) is 0 Å². The van der Waals surface area contributed by atoms with Crippen LogP contribution in [0.3, 0.4) is 0 Å². The van der Waals surface area contributed by atoms with Crippen LogP contribution in [0, 0.1) is 23.7 Å². The van der Waals surface area contributed by atoms with Gasteiger partial charge in [-0.2, -0.15) is 0 Å². The molecule has 1 aliphatic carbocycles. The highest BCUT2D eigenvalue weighted by atomic mass is 35.5. The zero-order chi connectivity index (χ0) is 20.4. The number of ether oxygens (including phenoxy) is 1. The zero-order valence-electron chi connectivity index (χ0n) is 17.6. The molecule has 2 amide bonds. The molecule has 2 heterocycles. The molecule has 3 fully saturated rings. The number of nitrogens with one attached hydrogen (secondary N) is 2. The summed E-state index contributed by atoms with van der Waals surface area (Å²) >= 11 is 6.59. The third-order valence-electron chi connectivity index (χ3n) is 7.10. The third kappa shape index (κ3) is 4.65. The van der Waals surface area contributed by atoms with Gasteiger partial charge in [-0.25, -0.2) is 0 Å². The predicted octanol–water partition coefficient (Wildman–Crippen LogP) is 2.01. The van der Waals surface area contributed by atoms with Crippen LogP contribution in [0.1, 0.15) is 47.0 Å². The van der Waals surface area contributed by atoms with Crippen LogP contribution in [0.5, 0.6) is 0 Å². The Morgan fingerprint density at radius 1 is 1.25 bits per heavy atom. The van der Waals surface area contributed by atoms with Gasteiger partial charge in [-0.3, -0.25) is 14.5 Å². The summed E-state index contributed by atoms with van der Waals surface area (Å²) in [5.41, 5.74) is 0. The topological polar surface area (TPSA) is 70.7 Å². The van der Waals surface area contributed by atoms with E-state index in [1.165, 1.54) is 0 Å². The molecule has 0 aromatic heterocycles. The molecule has 28 heavy (non-hydrogen) atoms. The largest absolute Gasteiger partial charge is 0.378 e. The molecular weight excluding hydrogens is 378 g/mol. The SMILES string of the molecule is CCN(C1COC1)C1CC(Cl)CC(C(=O)NCC2C(=O)NC(C)CC2C)C1C. The van der Waals surface area contributed by atoms with E-state index in [1.807, 2.05) is 6.92 Å². The van der Waals surface area contributed by atoms with Crippen LogP contribution in [-0.2, 0) is 14.3 Å². The maximum Gasteiger partial charge on any atom is 0.225 e. The van der Waals surface area contributed by atoms with Crippen molar-refractivity contribution in [3.05, 3.63) is 0 Å². The third-order valence-corrected chi connectivity index (χ3v) is 7.46. The van der Waals surface area contributed by atoms with Gasteiger partial charge in [0.15, 0.2) is 0 Å². The second-order valence-corrected chi connectivity index (χ2v) is 9.71. The van der Waals surface area contributed by atoms with Gasteiger partial charge in [-0.15, -0.1) is 11.6 Å². The Labute approximate surface area is 174 Å². The molecule has 0 aromatic rings. The van der Waals surface area contributed by atoms with E-state index in [4.69, 9.17) is 16.3 Å². The van der Waals surface area contributed by atoms with Crippen LogP contribution in [-0.4, -0.2) is 66.5 Å². The molecule has 7 heteroatoms. The Hall–Kier alpha value is -0.850. The van der Waals surface area contributed by atoms with Crippen molar-refractivity contribution < 1.29 is 14.3 Å². The Bertz CT molecular complexity index is 571. The standard InChI is InChI=1S/C21H36ClN3O3/c1-5-25(16-10-28-11-16)19-8-15(22)7-17(14(19)4)20(26)23-9-18-12(2)6-13(3)24-21(18)27/h12-19H,5-11H2,1-4H3,(H,23,26)(H,24,27). The first kappa shape index (κ1) is 21.8. The van der Waals surface area contributed by atoms with Crippen LogP contribution < -0.4 is 10.6 Å². The van der Waals surface area contributed by atoms with Gasteiger partial charge in [0.2, 0.25) is 11.8 Å². The van der Waals surface area contributed by atoms with Gasteiger partial charge in [0.25, 0.3) is 0 Å². The van der Waals surface area contributed by atoms with Crippen LogP contribution in [0.4, 0.5) is 0 Å². The molecule has 0 aromatic carbocycles. The predicted molar refractivity (Wildman–Crippen MR) is 110 cm³/mol. The van der Waals surface area contributed by atoms with E-state index in [2.05, 4.69) is 36.3 Å². The van der Waals surface area contributed by atoms with Gasteiger partial charge in [-0.05, 0) is 44.6 Å². The first-order valence-corrected chi connectivity index (χ1v) is 11.3. The van der Waals surface area contributed by atoms with E-state index < -0.39 is 0 Å². The minimum Gasteiger partial charge on any atom is -0.378 e. The minimum atomic E-state index is -0.152. The Kier molecular flexibility index (Phi) is 7.26. The zero-order valence-corrected chi connectivity index (χ0v) is 18.4. The number of halogens is 1. The maximum absolute atomic E-state index is 13.0. The summed E-state index contributed by atoms with van der Waals surface area (Å²) in [6, 6.07) is 0.946. The number of hydrogen-bond acceptors (Lipinski definition) is 4. The van der Waals surface area contributed by atoms with Crippen molar-refractivity contribution >= 4 is 23.4 Å². The highest BCUT2D eigenvalue weighted by Crippen LogP contribution is 2.37. The van der Waals surface area contributed by atoms with Crippen molar-refractivity contribution in [1.82, 2.24) is 15.5 Å². The summed E-state index contributed by atoms with van der Waals surface area (Å²) in [4.78, 5) is 27.8. The van der Waals surface area contributed by atoms with Crippen molar-refractivity contribution in [1.29, 1.82) is 0 Å². The second kappa shape index (κ2) is 9.31. The van der Waals surface area contributed by atoms with Crippen molar-refractivity contribution in [2.45, 2.75) is 70.5 Å². The number of piperidine rings is 1. The van der Waals surface area contributed by atoms with Crippen molar-refractivity contribution in [3.63, 3.8) is 0 Å². The monoisotopic (exact) mass is 413 g/mol. The molecule has 0 spiro atoms.